The Bertz CT molecular complexity index is 745. The summed E-state index contributed by atoms with van der Waals surface area (Å²) in [5.74, 6) is 0. The molecule has 22 heavy (non-hydrogen) atoms. The lowest BCUT2D eigenvalue weighted by Gasteiger charge is -2.13. The molecule has 0 aliphatic carbocycles. The van der Waals surface area contributed by atoms with Gasteiger partial charge in [-0.15, -0.1) is 0 Å². The molecule has 0 aromatic heterocycles. The number of anilines is 1. The Labute approximate surface area is 133 Å². The molecule has 6 heteroatoms. The molecule has 1 fully saturated rings. The van der Waals surface area contributed by atoms with E-state index >= 15 is 0 Å². The number of thiocarbonyl (C=S) groups is 1. The molecule has 2 aromatic carbocycles. The predicted molar refractivity (Wildman–Crippen MR) is 89.5 cm³/mol. The molecule has 1 saturated heterocycles. The highest BCUT2D eigenvalue weighted by molar-refractivity contribution is 7.80. The molecule has 1 aliphatic heterocycles. The second kappa shape index (κ2) is 6.03. The molecule has 1 aliphatic rings. The maximum Gasteiger partial charge on any atom is 0.329 e. The number of hydrogen-bond donors (Lipinski definition) is 1. The third-order valence-electron chi connectivity index (χ3n) is 3.22. The number of benzene rings is 2. The molecule has 0 saturated carbocycles. The first-order valence-electron chi connectivity index (χ1n) is 6.82. The topological polar surface area (TPSA) is 57.1 Å². The Kier molecular flexibility index (Phi) is 3.93. The third-order valence-corrected chi connectivity index (χ3v) is 3.63. The van der Waals surface area contributed by atoms with E-state index in [9.17, 15) is 4.79 Å². The molecule has 1 N–H and O–H groups in total. The largest absolute Gasteiger partial charge is 0.329 e. The summed E-state index contributed by atoms with van der Waals surface area (Å²) in [6.07, 6.45) is -0.622. The van der Waals surface area contributed by atoms with Gasteiger partial charge in [-0.1, -0.05) is 42.5 Å². The van der Waals surface area contributed by atoms with Crippen LogP contribution in [0, 0.1) is 6.92 Å². The standard InChI is InChI=1S/C16H14N4OS/c1-11-6-5-7-12(10-11)18-19-14-15(22)20(16(21)17-14)13-8-3-2-4-9-13/h2-10,14H,1H3,(H,17,21). The summed E-state index contributed by atoms with van der Waals surface area (Å²) in [6, 6.07) is 16.6. The van der Waals surface area contributed by atoms with E-state index in [1.807, 2.05) is 61.5 Å². The van der Waals surface area contributed by atoms with Crippen LogP contribution in [0.1, 0.15) is 5.56 Å². The number of para-hydroxylation sites is 1. The molecule has 3 rings (SSSR count). The van der Waals surface area contributed by atoms with Crippen LogP contribution in [-0.2, 0) is 0 Å². The summed E-state index contributed by atoms with van der Waals surface area (Å²) >= 11 is 5.35. The molecule has 0 radical (unpaired) electrons. The molecule has 0 bridgehead atoms. The van der Waals surface area contributed by atoms with Crippen LogP contribution in [0.15, 0.2) is 64.8 Å². The average Bonchev–Trinajstić information content (AvgIpc) is 2.80. The molecule has 0 spiro atoms. The number of carbonyl (C=O) groups is 1. The first-order chi connectivity index (χ1) is 10.6. The van der Waals surface area contributed by atoms with Gasteiger partial charge in [-0.3, -0.25) is 4.90 Å². The number of urea groups is 1. The maximum absolute atomic E-state index is 12.1. The lowest BCUT2D eigenvalue weighted by atomic mass is 10.2. The number of nitrogens with zero attached hydrogens (tertiary/aromatic N) is 3. The SMILES string of the molecule is Cc1cccc(N=NC2NC(=O)N(c3ccccc3)C2=S)c1. The van der Waals surface area contributed by atoms with Crippen LogP contribution >= 0.6 is 12.2 Å². The molecule has 2 aromatic rings. The number of nitrogens with one attached hydrogen (secondary N) is 1. The summed E-state index contributed by atoms with van der Waals surface area (Å²) in [5.41, 5.74) is 2.55. The highest BCUT2D eigenvalue weighted by Gasteiger charge is 2.35. The zero-order chi connectivity index (χ0) is 15.5. The Hall–Kier alpha value is -2.60. The van der Waals surface area contributed by atoms with Gasteiger partial charge < -0.3 is 5.32 Å². The van der Waals surface area contributed by atoms with Crippen LogP contribution in [-0.4, -0.2) is 17.2 Å². The normalized spacial score (nSPS) is 18.0. The molecule has 110 valence electrons. The van der Waals surface area contributed by atoms with Gasteiger partial charge in [-0.05, 0) is 36.8 Å². The zero-order valence-electron chi connectivity index (χ0n) is 11.9. The molecule has 1 unspecified atom stereocenters. The van der Waals surface area contributed by atoms with E-state index in [4.69, 9.17) is 12.2 Å². The highest BCUT2D eigenvalue weighted by Crippen LogP contribution is 2.22. The zero-order valence-corrected chi connectivity index (χ0v) is 12.7. The Morgan fingerprint density at radius 3 is 2.64 bits per heavy atom. The van der Waals surface area contributed by atoms with Crippen molar-refractivity contribution in [3.63, 3.8) is 0 Å². The fourth-order valence-electron chi connectivity index (χ4n) is 2.18. The quantitative estimate of drug-likeness (QED) is 0.689. The Morgan fingerprint density at radius 2 is 1.91 bits per heavy atom. The molecule has 1 atom stereocenters. The number of hydrogen-bond acceptors (Lipinski definition) is 4. The van der Waals surface area contributed by atoms with Gasteiger partial charge in [0.25, 0.3) is 0 Å². The van der Waals surface area contributed by atoms with Gasteiger partial charge in [0.1, 0.15) is 4.99 Å². The Morgan fingerprint density at radius 1 is 1.14 bits per heavy atom. The summed E-state index contributed by atoms with van der Waals surface area (Å²) in [4.78, 5) is 13.9. The molecule has 2 amide bonds. The van der Waals surface area contributed by atoms with E-state index in [1.165, 1.54) is 4.90 Å². The van der Waals surface area contributed by atoms with Crippen molar-refractivity contribution in [2.75, 3.05) is 4.90 Å². The maximum atomic E-state index is 12.1. The smallest absolute Gasteiger partial charge is 0.308 e. The fourth-order valence-corrected chi connectivity index (χ4v) is 2.47. The van der Waals surface area contributed by atoms with Crippen molar-refractivity contribution in [1.82, 2.24) is 5.32 Å². The van der Waals surface area contributed by atoms with E-state index in [0.717, 1.165) is 16.9 Å². The minimum atomic E-state index is -0.622. The second-order valence-electron chi connectivity index (χ2n) is 4.92. The van der Waals surface area contributed by atoms with Crippen molar-refractivity contribution in [3.8, 4) is 0 Å². The number of rotatable bonds is 3. The highest BCUT2D eigenvalue weighted by atomic mass is 32.1. The number of amides is 2. The van der Waals surface area contributed by atoms with Crippen LogP contribution < -0.4 is 10.2 Å². The van der Waals surface area contributed by atoms with Gasteiger partial charge >= 0.3 is 6.03 Å². The molecule has 1 heterocycles. The van der Waals surface area contributed by atoms with Crippen molar-refractivity contribution in [1.29, 1.82) is 0 Å². The van der Waals surface area contributed by atoms with Crippen LogP contribution in [0.3, 0.4) is 0 Å². The minimum absolute atomic E-state index is 0.288. The van der Waals surface area contributed by atoms with Gasteiger partial charge in [0, 0.05) is 0 Å². The number of aryl methyl sites for hydroxylation is 1. The van der Waals surface area contributed by atoms with Crippen molar-refractivity contribution in [2.24, 2.45) is 10.2 Å². The average molecular weight is 310 g/mol. The fraction of sp³-hybridized carbons (Fsp3) is 0.125. The molecular formula is C16H14N4OS. The van der Waals surface area contributed by atoms with Crippen LogP contribution in [0.25, 0.3) is 0 Å². The van der Waals surface area contributed by atoms with Gasteiger partial charge in [0.15, 0.2) is 6.17 Å². The van der Waals surface area contributed by atoms with Crippen LogP contribution in [0.4, 0.5) is 16.2 Å². The lowest BCUT2D eigenvalue weighted by Crippen LogP contribution is -2.29. The van der Waals surface area contributed by atoms with E-state index in [0.29, 0.717) is 4.99 Å². The second-order valence-corrected chi connectivity index (χ2v) is 5.33. The van der Waals surface area contributed by atoms with Crippen molar-refractivity contribution >= 4 is 34.6 Å². The molecular weight excluding hydrogens is 296 g/mol. The van der Waals surface area contributed by atoms with E-state index in [1.54, 1.807) is 0 Å². The van der Waals surface area contributed by atoms with E-state index in [2.05, 4.69) is 15.5 Å². The van der Waals surface area contributed by atoms with Crippen molar-refractivity contribution in [2.45, 2.75) is 13.1 Å². The molecule has 5 nitrogen and oxygen atoms in total. The number of azo groups is 1. The first-order valence-corrected chi connectivity index (χ1v) is 7.23. The van der Waals surface area contributed by atoms with Gasteiger partial charge in [-0.25, -0.2) is 4.79 Å². The summed E-state index contributed by atoms with van der Waals surface area (Å²) in [6.45, 7) is 1.98. The van der Waals surface area contributed by atoms with Crippen LogP contribution in [0.5, 0.6) is 0 Å². The van der Waals surface area contributed by atoms with Crippen LogP contribution in [0.2, 0.25) is 0 Å². The Balaban J connectivity index is 1.80. The van der Waals surface area contributed by atoms with E-state index in [-0.39, 0.29) is 6.03 Å². The monoisotopic (exact) mass is 310 g/mol. The van der Waals surface area contributed by atoms with Gasteiger partial charge in [-0.2, -0.15) is 10.2 Å². The lowest BCUT2D eigenvalue weighted by molar-refractivity contribution is 0.251. The summed E-state index contributed by atoms with van der Waals surface area (Å²) in [5, 5.41) is 11.0. The van der Waals surface area contributed by atoms with Gasteiger partial charge in [0.2, 0.25) is 0 Å². The minimum Gasteiger partial charge on any atom is -0.308 e. The predicted octanol–water partition coefficient (Wildman–Crippen LogP) is 3.96. The first kappa shape index (κ1) is 14.3. The third kappa shape index (κ3) is 2.87. The van der Waals surface area contributed by atoms with E-state index < -0.39 is 6.17 Å². The summed E-state index contributed by atoms with van der Waals surface area (Å²) < 4.78 is 0. The summed E-state index contributed by atoms with van der Waals surface area (Å²) in [7, 11) is 0. The number of carbonyl (C=O) groups excluding carboxylic acids is 1. The van der Waals surface area contributed by atoms with Gasteiger partial charge in [0.05, 0.1) is 11.4 Å². The van der Waals surface area contributed by atoms with Crippen molar-refractivity contribution in [3.05, 3.63) is 60.2 Å². The van der Waals surface area contributed by atoms with Crippen molar-refractivity contribution < 1.29 is 4.79 Å².